The van der Waals surface area contributed by atoms with Crippen molar-refractivity contribution in [3.05, 3.63) is 157 Å². The van der Waals surface area contributed by atoms with Crippen LogP contribution in [-0.4, -0.2) is 24.9 Å². The Morgan fingerprint density at radius 2 is 1.08 bits per heavy atom. The van der Waals surface area contributed by atoms with Gasteiger partial charge < -0.3 is 0 Å². The van der Waals surface area contributed by atoms with Crippen molar-refractivity contribution in [2.75, 3.05) is 0 Å². The highest BCUT2D eigenvalue weighted by atomic mass is 32.1. The molecule has 5 aromatic carbocycles. The van der Waals surface area contributed by atoms with E-state index in [1.807, 2.05) is 66.7 Å². The van der Waals surface area contributed by atoms with Gasteiger partial charge in [0.25, 0.3) is 0 Å². The highest BCUT2D eigenvalue weighted by Crippen LogP contribution is 2.41. The van der Waals surface area contributed by atoms with E-state index in [0.29, 0.717) is 17.5 Å². The van der Waals surface area contributed by atoms with Crippen molar-refractivity contribution >= 4 is 37.1 Å². The van der Waals surface area contributed by atoms with Crippen LogP contribution in [0.15, 0.2) is 152 Å². The fourth-order valence-corrected chi connectivity index (χ4v) is 7.58. The molecule has 49 heavy (non-hydrogen) atoms. The van der Waals surface area contributed by atoms with E-state index in [1.54, 1.807) is 11.3 Å². The van der Waals surface area contributed by atoms with Gasteiger partial charge in [0.2, 0.25) is 0 Å². The van der Waals surface area contributed by atoms with Crippen molar-refractivity contribution in [1.82, 2.24) is 24.9 Å². The van der Waals surface area contributed by atoms with E-state index < -0.39 is 0 Å². The molecule has 232 valence electrons. The van der Waals surface area contributed by atoms with Crippen molar-refractivity contribution in [2.24, 2.45) is 0 Å². The van der Waals surface area contributed by atoms with Crippen LogP contribution in [0.25, 0.3) is 82.6 Å². The zero-order valence-corrected chi connectivity index (χ0v) is 27.3. The van der Waals surface area contributed by atoms with E-state index in [1.165, 1.54) is 10.8 Å². The highest BCUT2D eigenvalue weighted by molar-refractivity contribution is 7.26. The van der Waals surface area contributed by atoms with Crippen molar-refractivity contribution < 1.29 is 0 Å². The molecule has 1 aliphatic carbocycles. The molecule has 0 amide bonds. The quantitative estimate of drug-likeness (QED) is 0.180. The van der Waals surface area contributed by atoms with Crippen LogP contribution in [0, 0.1) is 0 Å². The van der Waals surface area contributed by atoms with Crippen LogP contribution < -0.4 is 0 Å². The third kappa shape index (κ3) is 5.62. The van der Waals surface area contributed by atoms with E-state index in [9.17, 15) is 0 Å². The standard InChI is InChI=1S/C43H29N5S/c1-5-14-28(15-6-1)36-27-37(29-16-7-2-8-17-29)45-43(44-36)35-23-13-22-34-33-25-24-32(26-38(33)49-39(34)35)42-47-40(30-18-9-3-10-19-30)46-41(48-42)31-20-11-4-12-21-31/h1,3-7,9-27H,2,8H2. The maximum atomic E-state index is 5.16. The van der Waals surface area contributed by atoms with Crippen LogP contribution in [0.3, 0.4) is 0 Å². The summed E-state index contributed by atoms with van der Waals surface area (Å²) in [6.07, 6.45) is 8.75. The summed E-state index contributed by atoms with van der Waals surface area (Å²) in [4.78, 5) is 25.1. The van der Waals surface area contributed by atoms with Gasteiger partial charge in [0.15, 0.2) is 23.3 Å². The van der Waals surface area contributed by atoms with Gasteiger partial charge in [-0.15, -0.1) is 11.3 Å². The fourth-order valence-electron chi connectivity index (χ4n) is 6.33. The lowest BCUT2D eigenvalue weighted by molar-refractivity contribution is 1.03. The summed E-state index contributed by atoms with van der Waals surface area (Å²) in [7, 11) is 0. The molecule has 0 bridgehead atoms. The second-order valence-corrected chi connectivity index (χ2v) is 13.1. The molecule has 0 saturated heterocycles. The van der Waals surface area contributed by atoms with Gasteiger partial charge in [-0.05, 0) is 36.6 Å². The molecule has 9 rings (SSSR count). The number of allylic oxidation sites excluding steroid dienone is 4. The van der Waals surface area contributed by atoms with Crippen molar-refractivity contribution in [2.45, 2.75) is 12.8 Å². The summed E-state index contributed by atoms with van der Waals surface area (Å²) in [5.41, 5.74) is 7.94. The molecule has 3 aromatic heterocycles. The summed E-state index contributed by atoms with van der Waals surface area (Å²) < 4.78 is 2.31. The number of benzene rings is 5. The second kappa shape index (κ2) is 12.5. The summed E-state index contributed by atoms with van der Waals surface area (Å²) in [5, 5.41) is 2.37. The van der Waals surface area contributed by atoms with Gasteiger partial charge >= 0.3 is 0 Å². The van der Waals surface area contributed by atoms with Gasteiger partial charge in [0.05, 0.1) is 11.4 Å². The summed E-state index contributed by atoms with van der Waals surface area (Å²) in [5.74, 6) is 2.67. The molecule has 1 aliphatic rings. The van der Waals surface area contributed by atoms with Crippen LogP contribution in [-0.2, 0) is 0 Å². The Labute approximate surface area is 288 Å². The third-order valence-corrected chi connectivity index (χ3v) is 9.99. The second-order valence-electron chi connectivity index (χ2n) is 12.0. The number of nitrogens with zero attached hydrogens (tertiary/aromatic N) is 5. The zero-order valence-electron chi connectivity index (χ0n) is 26.5. The van der Waals surface area contributed by atoms with Crippen LogP contribution in [0.4, 0.5) is 0 Å². The number of fused-ring (bicyclic) bond motifs is 3. The lowest BCUT2D eigenvalue weighted by Gasteiger charge is -2.12. The smallest absolute Gasteiger partial charge is 0.164 e. The Balaban J connectivity index is 1.19. The minimum absolute atomic E-state index is 0.643. The Bertz CT molecular complexity index is 2480. The number of aromatic nitrogens is 5. The predicted molar refractivity (Wildman–Crippen MR) is 202 cm³/mol. The fraction of sp³-hybridized carbons (Fsp3) is 0.0465. The Kier molecular flexibility index (Phi) is 7.41. The maximum Gasteiger partial charge on any atom is 0.164 e. The topological polar surface area (TPSA) is 64.5 Å². The average Bonchev–Trinajstić information content (AvgIpc) is 3.57. The van der Waals surface area contributed by atoms with E-state index in [2.05, 4.69) is 85.0 Å². The SMILES string of the molecule is C1=CC(c2cc(-c3ccccc3)nc(-c3cccc4c3sc3cc(-c5nc(-c6ccccc6)nc(-c6ccccc6)n5)ccc34)n2)=CCC1. The molecule has 0 aliphatic heterocycles. The maximum absolute atomic E-state index is 5.16. The van der Waals surface area contributed by atoms with E-state index in [-0.39, 0.29) is 0 Å². The molecule has 0 unspecified atom stereocenters. The molecular weight excluding hydrogens is 619 g/mol. The normalized spacial score (nSPS) is 12.8. The molecule has 3 heterocycles. The largest absolute Gasteiger partial charge is 0.228 e. The lowest BCUT2D eigenvalue weighted by atomic mass is 10.0. The number of hydrogen-bond acceptors (Lipinski definition) is 6. The first-order chi connectivity index (χ1) is 24.3. The minimum Gasteiger partial charge on any atom is -0.228 e. The van der Waals surface area contributed by atoms with E-state index >= 15 is 0 Å². The Hall–Kier alpha value is -6.11. The van der Waals surface area contributed by atoms with Crippen LogP contribution in [0.2, 0.25) is 0 Å². The first-order valence-electron chi connectivity index (χ1n) is 16.4. The predicted octanol–water partition coefficient (Wildman–Crippen LogP) is 11.1. The molecule has 0 spiro atoms. The molecular formula is C43H29N5S. The lowest BCUT2D eigenvalue weighted by Crippen LogP contribution is -1.99. The van der Waals surface area contributed by atoms with E-state index in [0.717, 1.165) is 72.8 Å². The molecule has 5 nitrogen and oxygen atoms in total. The van der Waals surface area contributed by atoms with Gasteiger partial charge in [0, 0.05) is 48.0 Å². The summed E-state index contributed by atoms with van der Waals surface area (Å²) in [6.45, 7) is 0. The monoisotopic (exact) mass is 647 g/mol. The molecule has 0 N–H and O–H groups in total. The third-order valence-electron chi connectivity index (χ3n) is 8.78. The van der Waals surface area contributed by atoms with Crippen LogP contribution in [0.1, 0.15) is 18.5 Å². The van der Waals surface area contributed by atoms with Gasteiger partial charge in [-0.2, -0.15) is 0 Å². The molecule has 8 aromatic rings. The first kappa shape index (κ1) is 29.1. The Morgan fingerprint density at radius 3 is 1.73 bits per heavy atom. The van der Waals surface area contributed by atoms with Crippen molar-refractivity contribution in [1.29, 1.82) is 0 Å². The van der Waals surface area contributed by atoms with Gasteiger partial charge in [-0.1, -0.05) is 133 Å². The van der Waals surface area contributed by atoms with Crippen LogP contribution in [0.5, 0.6) is 0 Å². The summed E-state index contributed by atoms with van der Waals surface area (Å²) >= 11 is 1.76. The molecule has 0 radical (unpaired) electrons. The van der Waals surface area contributed by atoms with Gasteiger partial charge in [0.1, 0.15) is 0 Å². The molecule has 0 fully saturated rings. The molecule has 0 saturated carbocycles. The van der Waals surface area contributed by atoms with Gasteiger partial charge in [-0.3, -0.25) is 0 Å². The zero-order chi connectivity index (χ0) is 32.6. The average molecular weight is 648 g/mol. The first-order valence-corrected chi connectivity index (χ1v) is 17.2. The molecule has 6 heteroatoms. The summed E-state index contributed by atoms with van der Waals surface area (Å²) in [6, 6.07) is 45.6. The molecule has 0 atom stereocenters. The Morgan fingerprint density at radius 1 is 0.449 bits per heavy atom. The van der Waals surface area contributed by atoms with Gasteiger partial charge in [-0.25, -0.2) is 24.9 Å². The van der Waals surface area contributed by atoms with Crippen LogP contribution >= 0.6 is 11.3 Å². The minimum atomic E-state index is 0.643. The van der Waals surface area contributed by atoms with Crippen molar-refractivity contribution in [3.8, 4) is 56.8 Å². The van der Waals surface area contributed by atoms with Crippen molar-refractivity contribution in [3.63, 3.8) is 0 Å². The number of thiophene rings is 1. The number of rotatable bonds is 6. The number of hydrogen-bond donors (Lipinski definition) is 0. The highest BCUT2D eigenvalue weighted by Gasteiger charge is 2.18. The van der Waals surface area contributed by atoms with E-state index in [4.69, 9.17) is 24.9 Å².